The summed E-state index contributed by atoms with van der Waals surface area (Å²) >= 11 is 0. The lowest BCUT2D eigenvalue weighted by atomic mass is 10.2. The summed E-state index contributed by atoms with van der Waals surface area (Å²) in [6, 6.07) is 10.8. The molecule has 3 aromatic rings. The first-order valence-electron chi connectivity index (χ1n) is 7.87. The average Bonchev–Trinajstić information content (AvgIpc) is 3.00. The molecule has 0 aliphatic carbocycles. The van der Waals surface area contributed by atoms with E-state index in [4.69, 9.17) is 9.47 Å². The highest BCUT2D eigenvalue weighted by molar-refractivity contribution is 5.92. The van der Waals surface area contributed by atoms with Crippen LogP contribution < -0.4 is 14.8 Å². The van der Waals surface area contributed by atoms with Gasteiger partial charge < -0.3 is 19.4 Å². The van der Waals surface area contributed by atoms with Gasteiger partial charge in [-0.1, -0.05) is 12.1 Å². The van der Waals surface area contributed by atoms with Crippen LogP contribution >= 0.6 is 0 Å². The number of methoxy groups -OCH3 is 2. The van der Waals surface area contributed by atoms with Crippen molar-refractivity contribution < 1.29 is 27.4 Å². The molecule has 0 aliphatic rings. The van der Waals surface area contributed by atoms with Gasteiger partial charge in [0.1, 0.15) is 18.0 Å². The van der Waals surface area contributed by atoms with Crippen LogP contribution in [0.5, 0.6) is 11.5 Å². The third-order valence-corrected chi connectivity index (χ3v) is 3.85. The summed E-state index contributed by atoms with van der Waals surface area (Å²) in [5, 5.41) is 2.56. The number of aromatic nitrogens is 2. The van der Waals surface area contributed by atoms with Crippen LogP contribution in [0.4, 0.5) is 18.9 Å². The zero-order valence-electron chi connectivity index (χ0n) is 14.5. The molecule has 9 heteroatoms. The number of anilines is 1. The molecule has 0 bridgehead atoms. The smallest absolute Gasteiger partial charge is 0.449 e. The van der Waals surface area contributed by atoms with Crippen LogP contribution in [0.3, 0.4) is 0 Å². The summed E-state index contributed by atoms with van der Waals surface area (Å²) in [7, 11) is 2.90. The lowest BCUT2D eigenvalue weighted by molar-refractivity contribution is -0.147. The Kier molecular flexibility index (Phi) is 4.93. The van der Waals surface area contributed by atoms with Crippen LogP contribution in [-0.4, -0.2) is 29.7 Å². The van der Waals surface area contributed by atoms with Gasteiger partial charge in [-0.25, -0.2) is 4.98 Å². The van der Waals surface area contributed by atoms with E-state index in [1.807, 2.05) is 0 Å². The number of alkyl halides is 3. The molecule has 3 rings (SSSR count). The van der Waals surface area contributed by atoms with Crippen LogP contribution in [0.1, 0.15) is 5.82 Å². The molecule has 6 nitrogen and oxygen atoms in total. The zero-order chi connectivity index (χ0) is 19.6. The predicted octanol–water partition coefficient (Wildman–Crippen LogP) is 3.71. The van der Waals surface area contributed by atoms with Crippen molar-refractivity contribution in [1.82, 2.24) is 9.55 Å². The molecule has 0 fully saturated rings. The Morgan fingerprint density at radius 2 is 1.74 bits per heavy atom. The highest BCUT2D eigenvalue weighted by Crippen LogP contribution is 2.31. The van der Waals surface area contributed by atoms with E-state index in [0.29, 0.717) is 17.2 Å². The summed E-state index contributed by atoms with van der Waals surface area (Å²) in [5.41, 5.74) is 0.734. The Balaban J connectivity index is 1.91. The van der Waals surface area contributed by atoms with Crippen LogP contribution in [0, 0.1) is 0 Å². The van der Waals surface area contributed by atoms with E-state index < -0.39 is 24.5 Å². The molecule has 0 atom stereocenters. The topological polar surface area (TPSA) is 65.4 Å². The van der Waals surface area contributed by atoms with Crippen molar-refractivity contribution in [2.24, 2.45) is 0 Å². The fourth-order valence-corrected chi connectivity index (χ4v) is 2.68. The SMILES string of the molecule is COc1cc(NC(=O)Cn2c(C(F)(F)F)nc3ccccc32)cc(OC)c1. The van der Waals surface area contributed by atoms with E-state index in [1.54, 1.807) is 18.2 Å². The number of nitrogens with zero attached hydrogens (tertiary/aromatic N) is 2. The second-order valence-electron chi connectivity index (χ2n) is 5.66. The minimum atomic E-state index is -4.68. The number of para-hydroxylation sites is 2. The normalized spacial score (nSPS) is 11.4. The molecule has 1 aromatic heterocycles. The number of benzene rings is 2. The monoisotopic (exact) mass is 379 g/mol. The molecule has 0 saturated heterocycles. The van der Waals surface area contributed by atoms with E-state index in [2.05, 4.69) is 10.3 Å². The predicted molar refractivity (Wildman–Crippen MR) is 92.9 cm³/mol. The second-order valence-corrected chi connectivity index (χ2v) is 5.66. The van der Waals surface area contributed by atoms with Gasteiger partial charge in [0.15, 0.2) is 0 Å². The molecule has 1 amide bonds. The number of carbonyl (C=O) groups is 1. The minimum absolute atomic E-state index is 0.167. The lowest BCUT2D eigenvalue weighted by Gasteiger charge is -2.13. The Hall–Kier alpha value is -3.23. The maximum Gasteiger partial charge on any atom is 0.449 e. The fourth-order valence-electron chi connectivity index (χ4n) is 2.68. The number of fused-ring (bicyclic) bond motifs is 1. The van der Waals surface area contributed by atoms with Crippen LogP contribution in [0.2, 0.25) is 0 Å². The van der Waals surface area contributed by atoms with Crippen molar-refractivity contribution in [1.29, 1.82) is 0 Å². The van der Waals surface area contributed by atoms with E-state index in [-0.39, 0.29) is 11.0 Å². The van der Waals surface area contributed by atoms with Gasteiger partial charge in [0.2, 0.25) is 11.7 Å². The van der Waals surface area contributed by atoms with Crippen LogP contribution in [0.25, 0.3) is 11.0 Å². The first kappa shape index (κ1) is 18.6. The number of rotatable bonds is 5. The standard InChI is InChI=1S/C18H16F3N3O3/c1-26-12-7-11(8-13(9-12)27-2)22-16(25)10-24-15-6-4-3-5-14(15)23-17(24)18(19,20)21/h3-9H,10H2,1-2H3,(H,22,25). The number of imidazole rings is 1. The molecule has 2 aromatic carbocycles. The van der Waals surface area contributed by atoms with Crippen molar-refractivity contribution in [2.45, 2.75) is 12.7 Å². The Labute approximate surface area is 152 Å². The first-order valence-corrected chi connectivity index (χ1v) is 7.87. The molecule has 0 radical (unpaired) electrons. The molecule has 0 aliphatic heterocycles. The van der Waals surface area contributed by atoms with Gasteiger partial charge >= 0.3 is 6.18 Å². The molecule has 0 unspecified atom stereocenters. The van der Waals surface area contributed by atoms with Crippen molar-refractivity contribution in [3.63, 3.8) is 0 Å². The van der Waals surface area contributed by atoms with Gasteiger partial charge in [0, 0.05) is 23.9 Å². The van der Waals surface area contributed by atoms with Crippen molar-refractivity contribution >= 4 is 22.6 Å². The molecule has 0 spiro atoms. The largest absolute Gasteiger partial charge is 0.497 e. The van der Waals surface area contributed by atoms with Gasteiger partial charge in [-0.3, -0.25) is 4.79 Å². The van der Waals surface area contributed by atoms with Gasteiger partial charge in [-0.15, -0.1) is 0 Å². The third-order valence-electron chi connectivity index (χ3n) is 3.85. The first-order chi connectivity index (χ1) is 12.8. The Morgan fingerprint density at radius 1 is 1.11 bits per heavy atom. The zero-order valence-corrected chi connectivity index (χ0v) is 14.5. The molecule has 1 N–H and O–H groups in total. The quantitative estimate of drug-likeness (QED) is 0.734. The maximum absolute atomic E-state index is 13.3. The third kappa shape index (κ3) is 3.97. The fraction of sp³-hybridized carbons (Fsp3) is 0.222. The number of carbonyl (C=O) groups excluding carboxylic acids is 1. The van der Waals surface area contributed by atoms with Crippen molar-refractivity contribution in [3.05, 3.63) is 48.3 Å². The minimum Gasteiger partial charge on any atom is -0.497 e. The van der Waals surface area contributed by atoms with Crippen LogP contribution in [-0.2, 0) is 17.5 Å². The van der Waals surface area contributed by atoms with E-state index in [0.717, 1.165) is 4.57 Å². The van der Waals surface area contributed by atoms with Gasteiger partial charge in [-0.05, 0) is 12.1 Å². The Bertz CT molecular complexity index is 961. The summed E-state index contributed by atoms with van der Waals surface area (Å²) in [4.78, 5) is 16.0. The number of amides is 1. The van der Waals surface area contributed by atoms with Gasteiger partial charge in [-0.2, -0.15) is 13.2 Å². The maximum atomic E-state index is 13.3. The van der Waals surface area contributed by atoms with Crippen LogP contribution in [0.15, 0.2) is 42.5 Å². The number of hydrogen-bond acceptors (Lipinski definition) is 4. The van der Waals surface area contributed by atoms with Crippen molar-refractivity contribution in [3.8, 4) is 11.5 Å². The average molecular weight is 379 g/mol. The molecule has 0 saturated carbocycles. The number of ether oxygens (including phenoxy) is 2. The summed E-state index contributed by atoms with van der Waals surface area (Å²) in [5.74, 6) is -0.886. The number of hydrogen-bond donors (Lipinski definition) is 1. The Morgan fingerprint density at radius 3 is 2.33 bits per heavy atom. The summed E-state index contributed by atoms with van der Waals surface area (Å²) in [6.07, 6.45) is -4.68. The highest BCUT2D eigenvalue weighted by Gasteiger charge is 2.38. The van der Waals surface area contributed by atoms with Gasteiger partial charge in [0.05, 0.1) is 25.3 Å². The van der Waals surface area contributed by atoms with E-state index in [9.17, 15) is 18.0 Å². The molecular formula is C18H16F3N3O3. The molecule has 142 valence electrons. The van der Waals surface area contributed by atoms with E-state index >= 15 is 0 Å². The van der Waals surface area contributed by atoms with Crippen molar-refractivity contribution in [2.75, 3.05) is 19.5 Å². The van der Waals surface area contributed by atoms with Gasteiger partial charge in [0.25, 0.3) is 0 Å². The highest BCUT2D eigenvalue weighted by atomic mass is 19.4. The van der Waals surface area contributed by atoms with E-state index in [1.165, 1.54) is 38.5 Å². The molecule has 27 heavy (non-hydrogen) atoms. The lowest BCUT2D eigenvalue weighted by Crippen LogP contribution is -2.23. The number of halogens is 3. The summed E-state index contributed by atoms with van der Waals surface area (Å²) in [6.45, 7) is -0.547. The molecular weight excluding hydrogens is 363 g/mol. The number of nitrogens with one attached hydrogen (secondary N) is 1. The molecule has 1 heterocycles. The summed E-state index contributed by atoms with van der Waals surface area (Å²) < 4.78 is 51.0. The second kappa shape index (κ2) is 7.18.